The summed E-state index contributed by atoms with van der Waals surface area (Å²) in [5.74, 6) is 3.26. The highest BCUT2D eigenvalue weighted by molar-refractivity contribution is 5.02. The van der Waals surface area contributed by atoms with Crippen LogP contribution in [0, 0.1) is 23.2 Å². The molecule has 0 amide bonds. The average molecular weight is 165 g/mol. The third-order valence-corrected chi connectivity index (χ3v) is 4.83. The van der Waals surface area contributed by atoms with E-state index >= 15 is 0 Å². The fourth-order valence-electron chi connectivity index (χ4n) is 4.32. The van der Waals surface area contributed by atoms with Gasteiger partial charge in [-0.1, -0.05) is 0 Å². The summed E-state index contributed by atoms with van der Waals surface area (Å²) in [4.78, 5) is 0. The Hall–Kier alpha value is -0.0400. The summed E-state index contributed by atoms with van der Waals surface area (Å²) in [6, 6.07) is 0. The van der Waals surface area contributed by atoms with Crippen molar-refractivity contribution in [3.8, 4) is 0 Å². The molecule has 0 aromatic rings. The summed E-state index contributed by atoms with van der Waals surface area (Å²) in [7, 11) is 0. The molecular formula is C11H19N. The van der Waals surface area contributed by atoms with E-state index in [2.05, 4.69) is 0 Å². The van der Waals surface area contributed by atoms with Crippen LogP contribution in [0.3, 0.4) is 0 Å². The molecule has 0 aliphatic heterocycles. The second kappa shape index (κ2) is 2.25. The average Bonchev–Trinajstić information content (AvgIpc) is 2.29. The SMILES string of the molecule is NCC12CCC3CC(CC3C1)C2. The van der Waals surface area contributed by atoms with Crippen molar-refractivity contribution in [2.24, 2.45) is 28.9 Å². The van der Waals surface area contributed by atoms with E-state index in [1.807, 2.05) is 0 Å². The van der Waals surface area contributed by atoms with Crippen molar-refractivity contribution < 1.29 is 0 Å². The quantitative estimate of drug-likeness (QED) is 0.633. The molecule has 4 unspecified atom stereocenters. The largest absolute Gasteiger partial charge is 0.330 e. The van der Waals surface area contributed by atoms with E-state index in [9.17, 15) is 0 Å². The Labute approximate surface area is 74.7 Å². The highest BCUT2D eigenvalue weighted by Crippen LogP contribution is 2.60. The molecule has 0 radical (unpaired) electrons. The number of nitrogens with two attached hydrogens (primary N) is 1. The zero-order valence-corrected chi connectivity index (χ0v) is 7.76. The Kier molecular flexibility index (Phi) is 1.39. The summed E-state index contributed by atoms with van der Waals surface area (Å²) in [5.41, 5.74) is 6.54. The first-order valence-corrected chi connectivity index (χ1v) is 5.51. The number of fused-ring (bicyclic) bond motifs is 2. The molecule has 68 valence electrons. The lowest BCUT2D eigenvalue weighted by Gasteiger charge is -2.44. The maximum Gasteiger partial charge on any atom is -0.00203 e. The van der Waals surface area contributed by atoms with E-state index < -0.39 is 0 Å². The Morgan fingerprint density at radius 3 is 2.83 bits per heavy atom. The minimum Gasteiger partial charge on any atom is -0.330 e. The maximum atomic E-state index is 5.93. The second-order valence-electron chi connectivity index (χ2n) is 5.51. The van der Waals surface area contributed by atoms with Crippen molar-refractivity contribution in [1.82, 2.24) is 0 Å². The first kappa shape index (κ1) is 7.37. The van der Waals surface area contributed by atoms with Crippen LogP contribution < -0.4 is 5.73 Å². The normalized spacial score (nSPS) is 56.2. The van der Waals surface area contributed by atoms with Crippen LogP contribution in [0.25, 0.3) is 0 Å². The zero-order valence-electron chi connectivity index (χ0n) is 7.76. The monoisotopic (exact) mass is 165 g/mol. The van der Waals surface area contributed by atoms with Gasteiger partial charge in [-0.2, -0.15) is 0 Å². The molecule has 0 spiro atoms. The van der Waals surface area contributed by atoms with Gasteiger partial charge in [0.1, 0.15) is 0 Å². The highest BCUT2D eigenvalue weighted by atomic mass is 14.7. The molecule has 1 nitrogen and oxygen atoms in total. The summed E-state index contributed by atoms with van der Waals surface area (Å²) in [6.45, 7) is 0.965. The summed E-state index contributed by atoms with van der Waals surface area (Å²) in [5, 5.41) is 0. The summed E-state index contributed by atoms with van der Waals surface area (Å²) in [6.07, 6.45) is 8.99. The Balaban J connectivity index is 1.93. The minimum absolute atomic E-state index is 0.612. The predicted molar refractivity (Wildman–Crippen MR) is 49.7 cm³/mol. The van der Waals surface area contributed by atoms with Gasteiger partial charge in [0.2, 0.25) is 0 Å². The van der Waals surface area contributed by atoms with Gasteiger partial charge in [0, 0.05) is 0 Å². The van der Waals surface area contributed by atoms with E-state index in [1.54, 1.807) is 12.8 Å². The second-order valence-corrected chi connectivity index (χ2v) is 5.51. The van der Waals surface area contributed by atoms with Gasteiger partial charge >= 0.3 is 0 Å². The Morgan fingerprint density at radius 1 is 1.17 bits per heavy atom. The fourth-order valence-corrected chi connectivity index (χ4v) is 4.32. The lowest BCUT2D eigenvalue weighted by molar-refractivity contribution is 0.0773. The first-order valence-electron chi connectivity index (χ1n) is 5.51. The number of rotatable bonds is 1. The molecule has 1 heteroatoms. The first-order chi connectivity index (χ1) is 5.81. The van der Waals surface area contributed by atoms with Crippen molar-refractivity contribution in [2.45, 2.75) is 38.5 Å². The van der Waals surface area contributed by atoms with Crippen molar-refractivity contribution in [3.05, 3.63) is 0 Å². The molecule has 3 bridgehead atoms. The molecule has 12 heavy (non-hydrogen) atoms. The highest BCUT2D eigenvalue weighted by Gasteiger charge is 2.50. The zero-order chi connectivity index (χ0) is 8.18. The number of hydrogen-bond acceptors (Lipinski definition) is 1. The van der Waals surface area contributed by atoms with E-state index in [-0.39, 0.29) is 0 Å². The molecule has 0 aromatic carbocycles. The van der Waals surface area contributed by atoms with Gasteiger partial charge in [-0.05, 0) is 68.2 Å². The van der Waals surface area contributed by atoms with Gasteiger partial charge in [0.05, 0.1) is 0 Å². The molecule has 0 saturated heterocycles. The molecule has 3 aliphatic rings. The van der Waals surface area contributed by atoms with Crippen molar-refractivity contribution in [2.75, 3.05) is 6.54 Å². The van der Waals surface area contributed by atoms with E-state index in [1.165, 1.54) is 25.7 Å². The van der Waals surface area contributed by atoms with Crippen molar-refractivity contribution >= 4 is 0 Å². The summed E-state index contributed by atoms with van der Waals surface area (Å²) >= 11 is 0. The molecule has 4 atom stereocenters. The van der Waals surface area contributed by atoms with Crippen LogP contribution in [-0.2, 0) is 0 Å². The standard InChI is InChI=1S/C11H19N/c12-7-11-2-1-9-3-8(5-11)4-10(9)6-11/h8-10H,1-7,12H2. The van der Waals surface area contributed by atoms with Crippen molar-refractivity contribution in [1.29, 1.82) is 0 Å². The fraction of sp³-hybridized carbons (Fsp3) is 1.00. The molecule has 3 aliphatic carbocycles. The van der Waals surface area contributed by atoms with Crippen LogP contribution >= 0.6 is 0 Å². The van der Waals surface area contributed by atoms with Gasteiger partial charge < -0.3 is 5.73 Å². The Bertz CT molecular complexity index is 197. The number of hydrogen-bond donors (Lipinski definition) is 1. The third-order valence-electron chi connectivity index (χ3n) is 4.83. The molecule has 0 aromatic heterocycles. The van der Waals surface area contributed by atoms with Crippen LogP contribution in [0.4, 0.5) is 0 Å². The van der Waals surface area contributed by atoms with Crippen molar-refractivity contribution in [3.63, 3.8) is 0 Å². The van der Waals surface area contributed by atoms with E-state index in [0.717, 1.165) is 24.3 Å². The molecule has 3 saturated carbocycles. The topological polar surface area (TPSA) is 26.0 Å². The van der Waals surface area contributed by atoms with Crippen LogP contribution in [0.5, 0.6) is 0 Å². The van der Waals surface area contributed by atoms with E-state index in [0.29, 0.717) is 5.41 Å². The minimum atomic E-state index is 0.612. The Morgan fingerprint density at radius 2 is 2.00 bits per heavy atom. The van der Waals surface area contributed by atoms with Crippen LogP contribution in [0.1, 0.15) is 38.5 Å². The van der Waals surface area contributed by atoms with Gasteiger partial charge in [0.25, 0.3) is 0 Å². The maximum absolute atomic E-state index is 5.93. The van der Waals surface area contributed by atoms with E-state index in [4.69, 9.17) is 5.73 Å². The van der Waals surface area contributed by atoms with Gasteiger partial charge in [-0.3, -0.25) is 0 Å². The smallest absolute Gasteiger partial charge is 0.00203 e. The van der Waals surface area contributed by atoms with Crippen LogP contribution in [0.15, 0.2) is 0 Å². The molecule has 3 rings (SSSR count). The molecule has 3 fully saturated rings. The van der Waals surface area contributed by atoms with Gasteiger partial charge in [0.15, 0.2) is 0 Å². The molecule has 0 heterocycles. The summed E-state index contributed by atoms with van der Waals surface area (Å²) < 4.78 is 0. The van der Waals surface area contributed by atoms with Gasteiger partial charge in [-0.15, -0.1) is 0 Å². The third kappa shape index (κ3) is 0.834. The van der Waals surface area contributed by atoms with Gasteiger partial charge in [-0.25, -0.2) is 0 Å². The molecular weight excluding hydrogens is 146 g/mol. The predicted octanol–water partition coefficient (Wildman–Crippen LogP) is 2.16. The lowest BCUT2D eigenvalue weighted by Crippen LogP contribution is -2.39. The lowest BCUT2D eigenvalue weighted by atomic mass is 9.62. The van der Waals surface area contributed by atoms with Crippen LogP contribution in [-0.4, -0.2) is 6.54 Å². The molecule has 2 N–H and O–H groups in total. The van der Waals surface area contributed by atoms with Crippen LogP contribution in [0.2, 0.25) is 0 Å².